The van der Waals surface area contributed by atoms with E-state index in [0.29, 0.717) is 34.5 Å². The van der Waals surface area contributed by atoms with Crippen molar-refractivity contribution in [2.24, 2.45) is 0 Å². The van der Waals surface area contributed by atoms with Gasteiger partial charge in [-0.3, -0.25) is 13.9 Å². The summed E-state index contributed by atoms with van der Waals surface area (Å²) in [6, 6.07) is 18.4. The zero-order valence-electron chi connectivity index (χ0n) is 23.3. The quantitative estimate of drug-likeness (QED) is 0.226. The lowest BCUT2D eigenvalue weighted by molar-refractivity contribution is -0.139. The molecule has 0 unspecified atom stereocenters. The standard InChI is InChI=1S/C30H35Cl2N3O5S/c1-4-6-18-33-30(37)22(3)34(20-23-12-17-27(31)28(32)19-23)29(36)21-35(24-13-15-25(16-14-24)40-5-2)41(38,39)26-10-8-7-9-11-26/h7-17,19,22H,4-6,18,20-21H2,1-3H3,(H,33,37)/t22-/m1/s1. The first-order valence-electron chi connectivity index (χ1n) is 13.4. The van der Waals surface area contributed by atoms with Crippen molar-refractivity contribution in [3.05, 3.63) is 88.4 Å². The summed E-state index contributed by atoms with van der Waals surface area (Å²) < 4.78 is 34.2. The van der Waals surface area contributed by atoms with Gasteiger partial charge in [0, 0.05) is 13.1 Å². The van der Waals surface area contributed by atoms with Crippen molar-refractivity contribution in [3.63, 3.8) is 0 Å². The maximum atomic E-state index is 14.0. The first kappa shape index (κ1) is 32.2. The summed E-state index contributed by atoms with van der Waals surface area (Å²) in [4.78, 5) is 28.4. The van der Waals surface area contributed by atoms with Gasteiger partial charge in [-0.2, -0.15) is 0 Å². The molecular weight excluding hydrogens is 585 g/mol. The van der Waals surface area contributed by atoms with E-state index in [1.165, 1.54) is 17.0 Å². The van der Waals surface area contributed by atoms with E-state index >= 15 is 0 Å². The molecule has 3 aromatic rings. The number of rotatable bonds is 14. The zero-order chi connectivity index (χ0) is 30.0. The summed E-state index contributed by atoms with van der Waals surface area (Å²) in [5.74, 6) is -0.341. The average molecular weight is 621 g/mol. The molecule has 0 aliphatic carbocycles. The Morgan fingerprint density at radius 3 is 2.24 bits per heavy atom. The van der Waals surface area contributed by atoms with Crippen LogP contribution < -0.4 is 14.4 Å². The first-order chi connectivity index (χ1) is 19.6. The monoisotopic (exact) mass is 619 g/mol. The number of hydrogen-bond donors (Lipinski definition) is 1. The molecule has 3 aromatic carbocycles. The van der Waals surface area contributed by atoms with Crippen LogP contribution in [0.15, 0.2) is 77.7 Å². The number of ether oxygens (including phenoxy) is 1. The normalized spacial score (nSPS) is 11.9. The molecule has 0 aliphatic heterocycles. The molecule has 0 heterocycles. The fourth-order valence-corrected chi connectivity index (χ4v) is 5.83. The molecule has 11 heteroatoms. The molecule has 41 heavy (non-hydrogen) atoms. The molecule has 2 amide bonds. The number of nitrogens with one attached hydrogen (secondary N) is 1. The van der Waals surface area contributed by atoms with Gasteiger partial charge >= 0.3 is 0 Å². The number of amides is 2. The predicted octanol–water partition coefficient (Wildman–Crippen LogP) is 5.92. The molecule has 0 spiro atoms. The van der Waals surface area contributed by atoms with Crippen LogP contribution in [0.4, 0.5) is 5.69 Å². The largest absolute Gasteiger partial charge is 0.494 e. The molecular formula is C30H35Cl2N3O5S. The van der Waals surface area contributed by atoms with Crippen molar-refractivity contribution in [2.45, 2.75) is 51.1 Å². The summed E-state index contributed by atoms with van der Waals surface area (Å²) in [6.45, 7) is 5.86. The second-order valence-electron chi connectivity index (χ2n) is 9.34. The minimum absolute atomic E-state index is 0.0145. The van der Waals surface area contributed by atoms with Crippen molar-refractivity contribution in [1.82, 2.24) is 10.2 Å². The predicted molar refractivity (Wildman–Crippen MR) is 163 cm³/mol. The van der Waals surface area contributed by atoms with E-state index in [-0.39, 0.29) is 23.0 Å². The Kier molecular flexibility index (Phi) is 11.9. The van der Waals surface area contributed by atoms with Gasteiger partial charge in [0.15, 0.2) is 0 Å². The number of anilines is 1. The summed E-state index contributed by atoms with van der Waals surface area (Å²) in [5, 5.41) is 3.52. The molecule has 0 aromatic heterocycles. The molecule has 0 saturated heterocycles. The van der Waals surface area contributed by atoms with E-state index in [4.69, 9.17) is 27.9 Å². The number of carbonyl (C=O) groups excluding carboxylic acids is 2. The number of sulfonamides is 1. The van der Waals surface area contributed by atoms with Crippen LogP contribution >= 0.6 is 23.2 Å². The van der Waals surface area contributed by atoms with E-state index in [9.17, 15) is 18.0 Å². The maximum absolute atomic E-state index is 14.0. The number of hydrogen-bond acceptors (Lipinski definition) is 5. The first-order valence-corrected chi connectivity index (χ1v) is 15.6. The molecule has 0 fully saturated rings. The third-order valence-electron chi connectivity index (χ3n) is 6.38. The lowest BCUT2D eigenvalue weighted by Gasteiger charge is -2.32. The van der Waals surface area contributed by atoms with Gasteiger partial charge in [0.1, 0.15) is 18.3 Å². The van der Waals surface area contributed by atoms with E-state index in [2.05, 4.69) is 5.32 Å². The molecule has 1 N–H and O–H groups in total. The van der Waals surface area contributed by atoms with Gasteiger partial charge in [-0.15, -0.1) is 0 Å². The Balaban J connectivity index is 2.00. The molecule has 1 atom stereocenters. The van der Waals surface area contributed by atoms with Crippen LogP contribution in [0.5, 0.6) is 5.75 Å². The second-order valence-corrected chi connectivity index (χ2v) is 12.0. The van der Waals surface area contributed by atoms with Gasteiger partial charge < -0.3 is 15.0 Å². The van der Waals surface area contributed by atoms with Crippen molar-refractivity contribution in [1.29, 1.82) is 0 Å². The fourth-order valence-electron chi connectivity index (χ4n) is 4.08. The molecule has 8 nitrogen and oxygen atoms in total. The fraction of sp³-hybridized carbons (Fsp3) is 0.333. The minimum atomic E-state index is -4.15. The molecule has 0 bridgehead atoms. The van der Waals surface area contributed by atoms with Gasteiger partial charge in [-0.05, 0) is 74.4 Å². The van der Waals surface area contributed by atoms with Crippen molar-refractivity contribution >= 4 is 50.7 Å². The summed E-state index contributed by atoms with van der Waals surface area (Å²) >= 11 is 12.3. The van der Waals surface area contributed by atoms with Crippen LogP contribution in [-0.4, -0.2) is 50.9 Å². The third-order valence-corrected chi connectivity index (χ3v) is 8.91. The molecule has 0 aliphatic rings. The van der Waals surface area contributed by atoms with Crippen LogP contribution in [0.25, 0.3) is 0 Å². The van der Waals surface area contributed by atoms with Gasteiger partial charge in [-0.25, -0.2) is 8.42 Å². The highest BCUT2D eigenvalue weighted by Crippen LogP contribution is 2.27. The molecule has 0 saturated carbocycles. The number of benzene rings is 3. The Bertz CT molecular complexity index is 1420. The Labute approximate surface area is 252 Å². The summed E-state index contributed by atoms with van der Waals surface area (Å²) in [7, 11) is -4.15. The van der Waals surface area contributed by atoms with Crippen molar-refractivity contribution < 1.29 is 22.7 Å². The highest BCUT2D eigenvalue weighted by Gasteiger charge is 2.32. The maximum Gasteiger partial charge on any atom is 0.264 e. The van der Waals surface area contributed by atoms with Gasteiger partial charge in [0.05, 0.1) is 27.2 Å². The van der Waals surface area contributed by atoms with Crippen LogP contribution in [-0.2, 0) is 26.2 Å². The Morgan fingerprint density at radius 1 is 0.951 bits per heavy atom. The van der Waals surface area contributed by atoms with Gasteiger partial charge in [-0.1, -0.05) is 60.8 Å². The highest BCUT2D eigenvalue weighted by atomic mass is 35.5. The van der Waals surface area contributed by atoms with Crippen molar-refractivity contribution in [3.8, 4) is 5.75 Å². The van der Waals surface area contributed by atoms with E-state index < -0.39 is 28.5 Å². The van der Waals surface area contributed by atoms with Crippen molar-refractivity contribution in [2.75, 3.05) is 24.0 Å². The van der Waals surface area contributed by atoms with E-state index in [1.807, 2.05) is 13.8 Å². The number of unbranched alkanes of at least 4 members (excludes halogenated alkanes) is 1. The number of halogens is 2. The highest BCUT2D eigenvalue weighted by molar-refractivity contribution is 7.92. The van der Waals surface area contributed by atoms with E-state index in [0.717, 1.165) is 17.1 Å². The Morgan fingerprint density at radius 2 is 1.63 bits per heavy atom. The smallest absolute Gasteiger partial charge is 0.264 e. The Hall–Kier alpha value is -3.27. The van der Waals surface area contributed by atoms with Gasteiger partial charge in [0.2, 0.25) is 11.8 Å². The minimum Gasteiger partial charge on any atom is -0.494 e. The van der Waals surface area contributed by atoms with Crippen LogP contribution in [0.2, 0.25) is 10.0 Å². The number of nitrogens with zero attached hydrogens (tertiary/aromatic N) is 2. The second kappa shape index (κ2) is 15.1. The number of carbonyl (C=O) groups is 2. The van der Waals surface area contributed by atoms with E-state index in [1.54, 1.807) is 67.6 Å². The van der Waals surface area contributed by atoms with Gasteiger partial charge in [0.25, 0.3) is 10.0 Å². The van der Waals surface area contributed by atoms with Crippen LogP contribution in [0.3, 0.4) is 0 Å². The molecule has 0 radical (unpaired) electrons. The SMILES string of the molecule is CCCCNC(=O)[C@@H](C)N(Cc1ccc(Cl)c(Cl)c1)C(=O)CN(c1ccc(OCC)cc1)S(=O)(=O)c1ccccc1. The average Bonchev–Trinajstić information content (AvgIpc) is 2.97. The topological polar surface area (TPSA) is 96.0 Å². The van der Waals surface area contributed by atoms with Crippen LogP contribution in [0.1, 0.15) is 39.2 Å². The summed E-state index contributed by atoms with van der Waals surface area (Å²) in [6.07, 6.45) is 1.69. The molecule has 220 valence electrons. The summed E-state index contributed by atoms with van der Waals surface area (Å²) in [5.41, 5.74) is 0.916. The molecule has 3 rings (SSSR count). The lowest BCUT2D eigenvalue weighted by Crippen LogP contribution is -2.51. The lowest BCUT2D eigenvalue weighted by atomic mass is 10.1. The van der Waals surface area contributed by atoms with Crippen LogP contribution in [0, 0.1) is 0 Å². The third kappa shape index (κ3) is 8.61. The zero-order valence-corrected chi connectivity index (χ0v) is 25.7.